The average molecular weight is 218 g/mol. The molecule has 0 heterocycles. The smallest absolute Gasteiger partial charge is 0.336 e. The summed E-state index contributed by atoms with van der Waals surface area (Å²) in [5.41, 5.74) is -2.12. The molecule has 0 rings (SSSR count). The van der Waals surface area contributed by atoms with Crippen LogP contribution in [0.3, 0.4) is 0 Å². The van der Waals surface area contributed by atoms with Crippen molar-refractivity contribution in [3.8, 4) is 0 Å². The van der Waals surface area contributed by atoms with Gasteiger partial charge in [0.15, 0.2) is 5.60 Å². The summed E-state index contributed by atoms with van der Waals surface area (Å²) in [6, 6.07) is 0. The van der Waals surface area contributed by atoms with Gasteiger partial charge in [0.1, 0.15) is 0 Å². The molecule has 0 aliphatic rings. The number of hydrogen-bond donors (Lipinski definition) is 3. The molecule has 0 saturated heterocycles. The van der Waals surface area contributed by atoms with Crippen LogP contribution in [-0.2, 0) is 26.7 Å². The van der Waals surface area contributed by atoms with Crippen LogP contribution >= 0.6 is 0 Å². The van der Waals surface area contributed by atoms with Gasteiger partial charge in [-0.25, -0.2) is 4.79 Å². The van der Waals surface area contributed by atoms with Crippen molar-refractivity contribution in [2.24, 2.45) is 0 Å². The van der Waals surface area contributed by atoms with Crippen molar-refractivity contribution in [2.45, 2.75) is 25.4 Å². The monoisotopic (exact) mass is 218 g/mol. The molecule has 1 atom stereocenters. The van der Waals surface area contributed by atoms with Gasteiger partial charge in [-0.1, -0.05) is 6.92 Å². The Morgan fingerprint density at radius 2 is 1.75 bits per heavy atom. The van der Waals surface area contributed by atoms with Gasteiger partial charge < -0.3 is 15.3 Å². The minimum atomic E-state index is -2.12. The van der Waals surface area contributed by atoms with E-state index in [1.54, 1.807) is 0 Å². The normalized spacial score (nSPS) is 14.2. The molecule has 6 heteroatoms. The third-order valence-electron chi connectivity index (χ3n) is 1.43. The minimum Gasteiger partial charge on any atom is -0.481 e. The molecule has 0 aliphatic heterocycles. The first kappa shape index (κ1) is 14.0. The SMILES string of the molecule is CCC(O)(CC(=O)O)C(=O)O.[Fe]. The Morgan fingerprint density at radius 1 is 1.33 bits per heavy atom. The van der Waals surface area contributed by atoms with Crippen molar-refractivity contribution < 1.29 is 42.0 Å². The zero-order valence-corrected chi connectivity index (χ0v) is 7.53. The molecular formula is C6H10FeO5. The number of hydrogen-bond acceptors (Lipinski definition) is 3. The fourth-order valence-corrected chi connectivity index (χ4v) is 0.602. The Labute approximate surface area is 79.9 Å². The molecule has 0 aliphatic carbocycles. The molecule has 0 spiro atoms. The summed E-state index contributed by atoms with van der Waals surface area (Å²) in [6.45, 7) is 1.41. The summed E-state index contributed by atoms with van der Waals surface area (Å²) in [4.78, 5) is 20.3. The van der Waals surface area contributed by atoms with Crippen LogP contribution < -0.4 is 0 Å². The number of aliphatic carboxylic acids is 2. The van der Waals surface area contributed by atoms with E-state index < -0.39 is 24.0 Å². The summed E-state index contributed by atoms with van der Waals surface area (Å²) < 4.78 is 0. The van der Waals surface area contributed by atoms with Gasteiger partial charge in [0.05, 0.1) is 6.42 Å². The maximum absolute atomic E-state index is 10.3. The molecule has 0 radical (unpaired) electrons. The Hall–Kier alpha value is -0.581. The van der Waals surface area contributed by atoms with Gasteiger partial charge in [-0.15, -0.1) is 0 Å². The fourth-order valence-electron chi connectivity index (χ4n) is 0.602. The predicted molar refractivity (Wildman–Crippen MR) is 35.1 cm³/mol. The van der Waals surface area contributed by atoms with E-state index in [1.165, 1.54) is 6.92 Å². The molecular weight excluding hydrogens is 208 g/mol. The Morgan fingerprint density at radius 3 is 1.83 bits per heavy atom. The minimum absolute atomic E-state index is 0. The van der Waals surface area contributed by atoms with Crippen LogP contribution in [0.25, 0.3) is 0 Å². The maximum atomic E-state index is 10.3. The van der Waals surface area contributed by atoms with Crippen LogP contribution in [0.5, 0.6) is 0 Å². The van der Waals surface area contributed by atoms with Crippen molar-refractivity contribution in [3.05, 3.63) is 0 Å². The molecule has 12 heavy (non-hydrogen) atoms. The second-order valence-electron chi connectivity index (χ2n) is 2.26. The van der Waals surface area contributed by atoms with Crippen molar-refractivity contribution in [2.75, 3.05) is 0 Å². The van der Waals surface area contributed by atoms with Crippen molar-refractivity contribution in [3.63, 3.8) is 0 Å². The zero-order valence-electron chi connectivity index (χ0n) is 6.43. The number of carboxylic acids is 2. The Balaban J connectivity index is 0. The van der Waals surface area contributed by atoms with Crippen LogP contribution in [0.4, 0.5) is 0 Å². The second kappa shape index (κ2) is 5.13. The molecule has 0 aromatic carbocycles. The molecule has 0 saturated carbocycles. The van der Waals surface area contributed by atoms with E-state index in [9.17, 15) is 9.59 Å². The van der Waals surface area contributed by atoms with E-state index >= 15 is 0 Å². The van der Waals surface area contributed by atoms with Crippen LogP contribution in [0.1, 0.15) is 19.8 Å². The Kier molecular flexibility index (Phi) is 5.98. The van der Waals surface area contributed by atoms with E-state index in [2.05, 4.69) is 0 Å². The van der Waals surface area contributed by atoms with Gasteiger partial charge in [0.2, 0.25) is 0 Å². The van der Waals surface area contributed by atoms with E-state index in [4.69, 9.17) is 15.3 Å². The van der Waals surface area contributed by atoms with Gasteiger partial charge >= 0.3 is 11.9 Å². The van der Waals surface area contributed by atoms with Gasteiger partial charge in [-0.2, -0.15) is 0 Å². The summed E-state index contributed by atoms with van der Waals surface area (Å²) in [5.74, 6) is -2.82. The van der Waals surface area contributed by atoms with Gasteiger partial charge in [0, 0.05) is 17.1 Å². The largest absolute Gasteiger partial charge is 0.481 e. The first-order valence-corrected chi connectivity index (χ1v) is 3.10. The summed E-state index contributed by atoms with van der Waals surface area (Å²) >= 11 is 0. The van der Waals surface area contributed by atoms with Gasteiger partial charge in [-0.05, 0) is 6.42 Å². The summed E-state index contributed by atoms with van der Waals surface area (Å²) in [5, 5.41) is 25.7. The molecule has 72 valence electrons. The number of carbonyl (C=O) groups is 2. The maximum Gasteiger partial charge on any atom is 0.336 e. The molecule has 0 fully saturated rings. The quantitative estimate of drug-likeness (QED) is 0.562. The molecule has 5 nitrogen and oxygen atoms in total. The van der Waals surface area contributed by atoms with E-state index in [-0.39, 0.29) is 23.5 Å². The van der Waals surface area contributed by atoms with Crippen LogP contribution in [-0.4, -0.2) is 32.9 Å². The predicted octanol–water partition coefficient (Wildman–Crippen LogP) is -0.316. The first-order chi connectivity index (χ1) is 4.92. The number of rotatable bonds is 4. The van der Waals surface area contributed by atoms with E-state index in [0.717, 1.165) is 0 Å². The molecule has 0 bridgehead atoms. The molecule has 3 N–H and O–H groups in total. The van der Waals surface area contributed by atoms with E-state index in [1.807, 2.05) is 0 Å². The molecule has 0 aromatic rings. The van der Waals surface area contributed by atoms with Crippen molar-refractivity contribution >= 4 is 11.9 Å². The third kappa shape index (κ3) is 3.71. The van der Waals surface area contributed by atoms with Crippen LogP contribution in [0.2, 0.25) is 0 Å². The molecule has 0 amide bonds. The van der Waals surface area contributed by atoms with Gasteiger partial charge in [0.25, 0.3) is 0 Å². The van der Waals surface area contributed by atoms with Crippen LogP contribution in [0.15, 0.2) is 0 Å². The van der Waals surface area contributed by atoms with Gasteiger partial charge in [-0.3, -0.25) is 4.79 Å². The number of aliphatic hydroxyl groups is 1. The summed E-state index contributed by atoms with van der Waals surface area (Å²) in [6.07, 6.45) is -0.881. The van der Waals surface area contributed by atoms with Crippen molar-refractivity contribution in [1.29, 1.82) is 0 Å². The van der Waals surface area contributed by atoms with E-state index in [0.29, 0.717) is 0 Å². The van der Waals surface area contributed by atoms with Crippen LogP contribution in [0, 0.1) is 0 Å². The summed E-state index contributed by atoms with van der Waals surface area (Å²) in [7, 11) is 0. The first-order valence-electron chi connectivity index (χ1n) is 3.10. The Bertz CT molecular complexity index is 181. The fraction of sp³-hybridized carbons (Fsp3) is 0.667. The average Bonchev–Trinajstić information content (AvgIpc) is 1.86. The molecule has 1 unspecified atom stereocenters. The third-order valence-corrected chi connectivity index (χ3v) is 1.43. The zero-order chi connectivity index (χ0) is 9.07. The number of carboxylic acid groups (broad SMARTS) is 2. The topological polar surface area (TPSA) is 94.8 Å². The standard InChI is InChI=1S/C6H10O5.Fe/c1-2-6(11,5(9)10)3-4(7)8;/h11H,2-3H2,1H3,(H,7,8)(H,9,10);. The molecule has 0 aromatic heterocycles. The van der Waals surface area contributed by atoms with Crippen molar-refractivity contribution in [1.82, 2.24) is 0 Å². The second-order valence-corrected chi connectivity index (χ2v) is 2.26.